The van der Waals surface area contributed by atoms with Gasteiger partial charge in [-0.05, 0) is 61.0 Å². The van der Waals surface area contributed by atoms with E-state index in [1.54, 1.807) is 18.2 Å². The van der Waals surface area contributed by atoms with Crippen LogP contribution in [0.25, 0.3) is 0 Å². The zero-order valence-corrected chi connectivity index (χ0v) is 12.2. The Kier molecular flexibility index (Phi) is 3.24. The normalized spacial score (nSPS) is 36.7. The van der Waals surface area contributed by atoms with Crippen molar-refractivity contribution in [3.63, 3.8) is 0 Å². The minimum Gasteiger partial charge on any atom is -0.353 e. The maximum Gasteiger partial charge on any atom is 0.224 e. The van der Waals surface area contributed by atoms with Crippen LogP contribution in [-0.4, -0.2) is 11.9 Å². The fourth-order valence-corrected chi connectivity index (χ4v) is 5.31. The molecule has 3 heteroatoms. The molecule has 3 saturated carbocycles. The van der Waals surface area contributed by atoms with Crippen molar-refractivity contribution in [2.24, 2.45) is 23.7 Å². The summed E-state index contributed by atoms with van der Waals surface area (Å²) in [5, 5.41) is 3.19. The number of rotatable bonds is 3. The average Bonchev–Trinajstić information content (AvgIpc) is 3.13. The summed E-state index contributed by atoms with van der Waals surface area (Å²) in [7, 11) is 0. The van der Waals surface area contributed by atoms with E-state index in [-0.39, 0.29) is 18.1 Å². The van der Waals surface area contributed by atoms with Crippen molar-refractivity contribution in [2.75, 3.05) is 0 Å². The number of carbonyl (C=O) groups excluding carboxylic acids is 1. The summed E-state index contributed by atoms with van der Waals surface area (Å²) in [4.78, 5) is 12.2. The lowest BCUT2D eigenvalue weighted by Gasteiger charge is -2.32. The van der Waals surface area contributed by atoms with E-state index in [1.165, 1.54) is 31.7 Å². The number of benzene rings is 1. The van der Waals surface area contributed by atoms with Gasteiger partial charge in [0.05, 0.1) is 6.42 Å². The quantitative estimate of drug-likeness (QED) is 0.908. The molecule has 4 rings (SSSR count). The summed E-state index contributed by atoms with van der Waals surface area (Å²) in [5.74, 6) is 3.01. The number of hydrogen-bond acceptors (Lipinski definition) is 1. The Bertz CT molecular complexity index is 558. The summed E-state index contributed by atoms with van der Waals surface area (Å²) in [6, 6.07) is 6.90. The van der Waals surface area contributed by atoms with Crippen molar-refractivity contribution in [3.8, 4) is 0 Å². The van der Waals surface area contributed by atoms with Crippen LogP contribution in [0.15, 0.2) is 24.3 Å². The molecule has 1 aromatic rings. The lowest BCUT2D eigenvalue weighted by molar-refractivity contribution is -0.121. The number of amides is 1. The maximum atomic E-state index is 13.6. The highest BCUT2D eigenvalue weighted by molar-refractivity contribution is 5.79. The largest absolute Gasteiger partial charge is 0.353 e. The maximum absolute atomic E-state index is 13.6. The van der Waals surface area contributed by atoms with Crippen LogP contribution in [0, 0.1) is 29.5 Å². The first-order chi connectivity index (χ1) is 10.2. The first kappa shape index (κ1) is 13.3. The standard InChI is InChI=1S/C18H22FNO/c19-16-7-2-1-4-11(16)10-18(21)20-17-9-12-8-15(17)14-6-3-5-13(12)14/h1-2,4,7,12-15,17H,3,5-6,8-10H2,(H,20,21). The minimum atomic E-state index is -0.281. The van der Waals surface area contributed by atoms with Crippen molar-refractivity contribution < 1.29 is 9.18 Å². The average molecular weight is 287 g/mol. The van der Waals surface area contributed by atoms with Gasteiger partial charge < -0.3 is 5.32 Å². The number of carbonyl (C=O) groups is 1. The molecule has 5 atom stereocenters. The summed E-state index contributed by atoms with van der Waals surface area (Å²) < 4.78 is 13.6. The number of halogens is 1. The highest BCUT2D eigenvalue weighted by atomic mass is 19.1. The van der Waals surface area contributed by atoms with Crippen LogP contribution in [-0.2, 0) is 11.2 Å². The van der Waals surface area contributed by atoms with Gasteiger partial charge >= 0.3 is 0 Å². The highest BCUT2D eigenvalue weighted by Crippen LogP contribution is 2.58. The molecule has 3 aliphatic carbocycles. The second-order valence-electron chi connectivity index (χ2n) is 7.10. The lowest BCUT2D eigenvalue weighted by atomic mass is 9.79. The first-order valence-electron chi connectivity index (χ1n) is 8.25. The van der Waals surface area contributed by atoms with Gasteiger partial charge in [-0.15, -0.1) is 0 Å². The molecule has 21 heavy (non-hydrogen) atoms. The van der Waals surface area contributed by atoms with Gasteiger partial charge in [0.1, 0.15) is 5.82 Å². The van der Waals surface area contributed by atoms with E-state index in [0.29, 0.717) is 17.5 Å². The fraction of sp³-hybridized carbons (Fsp3) is 0.611. The van der Waals surface area contributed by atoms with Crippen molar-refractivity contribution in [2.45, 2.75) is 44.6 Å². The zero-order valence-electron chi connectivity index (χ0n) is 12.2. The van der Waals surface area contributed by atoms with Crippen molar-refractivity contribution in [1.29, 1.82) is 0 Å². The smallest absolute Gasteiger partial charge is 0.224 e. The number of nitrogens with one attached hydrogen (secondary N) is 1. The third-order valence-corrected chi connectivity index (χ3v) is 6.08. The molecule has 1 amide bonds. The van der Waals surface area contributed by atoms with E-state index >= 15 is 0 Å². The van der Waals surface area contributed by atoms with Crippen LogP contribution in [0.4, 0.5) is 4.39 Å². The predicted molar refractivity (Wildman–Crippen MR) is 79.1 cm³/mol. The minimum absolute atomic E-state index is 0.0211. The third kappa shape index (κ3) is 2.27. The summed E-state index contributed by atoms with van der Waals surface area (Å²) in [6.45, 7) is 0. The van der Waals surface area contributed by atoms with Gasteiger partial charge in [-0.2, -0.15) is 0 Å². The van der Waals surface area contributed by atoms with E-state index in [9.17, 15) is 9.18 Å². The van der Waals surface area contributed by atoms with E-state index in [2.05, 4.69) is 5.32 Å². The Morgan fingerprint density at radius 3 is 2.81 bits per heavy atom. The van der Waals surface area contributed by atoms with Gasteiger partial charge in [0.15, 0.2) is 0 Å². The lowest BCUT2D eigenvalue weighted by Crippen LogP contribution is -2.43. The molecule has 0 aromatic heterocycles. The zero-order chi connectivity index (χ0) is 14.4. The van der Waals surface area contributed by atoms with E-state index in [1.807, 2.05) is 0 Å². The van der Waals surface area contributed by atoms with Gasteiger partial charge in [0.2, 0.25) is 5.91 Å². The van der Waals surface area contributed by atoms with Gasteiger partial charge in [-0.1, -0.05) is 24.6 Å². The molecule has 1 aromatic carbocycles. The third-order valence-electron chi connectivity index (χ3n) is 6.08. The van der Waals surface area contributed by atoms with Crippen LogP contribution < -0.4 is 5.32 Å². The molecule has 3 aliphatic rings. The predicted octanol–water partition coefficient (Wildman–Crippen LogP) is 3.31. The Labute approximate surface area is 125 Å². The van der Waals surface area contributed by atoms with Gasteiger partial charge in [-0.3, -0.25) is 4.79 Å². The molecule has 112 valence electrons. The molecule has 5 unspecified atom stereocenters. The fourth-order valence-electron chi connectivity index (χ4n) is 5.31. The van der Waals surface area contributed by atoms with Gasteiger partial charge in [-0.25, -0.2) is 4.39 Å². The SMILES string of the molecule is O=C(Cc1ccccc1F)NC1CC2CC1C1CCCC21. The van der Waals surface area contributed by atoms with Crippen molar-refractivity contribution >= 4 is 5.91 Å². The number of hydrogen-bond donors (Lipinski definition) is 1. The second-order valence-corrected chi connectivity index (χ2v) is 7.10. The highest BCUT2D eigenvalue weighted by Gasteiger charge is 2.53. The molecule has 0 radical (unpaired) electrons. The Morgan fingerprint density at radius 1 is 1.14 bits per heavy atom. The Hall–Kier alpha value is -1.38. The molecule has 3 fully saturated rings. The van der Waals surface area contributed by atoms with Crippen molar-refractivity contribution in [3.05, 3.63) is 35.6 Å². The molecule has 0 spiro atoms. The van der Waals surface area contributed by atoms with Crippen LogP contribution in [0.1, 0.15) is 37.7 Å². The van der Waals surface area contributed by atoms with Gasteiger partial charge in [0, 0.05) is 6.04 Å². The first-order valence-corrected chi connectivity index (χ1v) is 8.25. The van der Waals surface area contributed by atoms with Gasteiger partial charge in [0.25, 0.3) is 0 Å². The second kappa shape index (κ2) is 5.11. The topological polar surface area (TPSA) is 29.1 Å². The van der Waals surface area contributed by atoms with Crippen LogP contribution in [0.3, 0.4) is 0 Å². The monoisotopic (exact) mass is 287 g/mol. The molecule has 2 nitrogen and oxygen atoms in total. The molecule has 0 heterocycles. The van der Waals surface area contributed by atoms with Crippen LogP contribution in [0.5, 0.6) is 0 Å². The van der Waals surface area contributed by atoms with Crippen LogP contribution >= 0.6 is 0 Å². The van der Waals surface area contributed by atoms with E-state index in [0.717, 1.165) is 24.2 Å². The summed E-state index contributed by atoms with van der Waals surface area (Å²) in [5.41, 5.74) is 0.497. The molecule has 2 bridgehead atoms. The summed E-state index contributed by atoms with van der Waals surface area (Å²) >= 11 is 0. The Morgan fingerprint density at radius 2 is 1.95 bits per heavy atom. The van der Waals surface area contributed by atoms with Crippen LogP contribution in [0.2, 0.25) is 0 Å². The molecular formula is C18H22FNO. The van der Waals surface area contributed by atoms with E-state index in [4.69, 9.17) is 0 Å². The molecular weight excluding hydrogens is 265 g/mol. The summed E-state index contributed by atoms with van der Waals surface area (Å²) in [6.07, 6.45) is 6.74. The Balaban J connectivity index is 1.39. The molecule has 1 N–H and O–H groups in total. The molecule has 0 aliphatic heterocycles. The number of fused-ring (bicyclic) bond motifs is 5. The van der Waals surface area contributed by atoms with Crippen molar-refractivity contribution in [1.82, 2.24) is 5.32 Å². The molecule has 0 saturated heterocycles. The van der Waals surface area contributed by atoms with E-state index < -0.39 is 0 Å².